The third-order valence-corrected chi connectivity index (χ3v) is 3.57. The molecule has 28 heavy (non-hydrogen) atoms. The van der Waals surface area contributed by atoms with E-state index >= 15 is 0 Å². The highest BCUT2D eigenvalue weighted by molar-refractivity contribution is 5.88. The van der Waals surface area contributed by atoms with Gasteiger partial charge in [-0.3, -0.25) is 4.68 Å². The molecule has 0 aromatic carbocycles. The van der Waals surface area contributed by atoms with Gasteiger partial charge in [0.2, 0.25) is 0 Å². The van der Waals surface area contributed by atoms with Gasteiger partial charge in [-0.2, -0.15) is 5.10 Å². The maximum Gasteiger partial charge on any atom is 0.407 e. The maximum absolute atomic E-state index is 12.0. The topological polar surface area (TPSA) is 108 Å². The molecule has 1 N–H and O–H groups in total. The van der Waals surface area contributed by atoms with Crippen molar-refractivity contribution in [1.82, 2.24) is 25.1 Å². The van der Waals surface area contributed by atoms with Crippen LogP contribution in [0.2, 0.25) is 0 Å². The first-order valence-corrected chi connectivity index (χ1v) is 9.22. The van der Waals surface area contributed by atoms with E-state index in [0.29, 0.717) is 31.5 Å². The largest absolute Gasteiger partial charge is 0.461 e. The van der Waals surface area contributed by atoms with Crippen LogP contribution in [0.1, 0.15) is 55.7 Å². The minimum atomic E-state index is -0.509. The molecule has 2 aromatic heterocycles. The van der Waals surface area contributed by atoms with Gasteiger partial charge < -0.3 is 14.8 Å². The number of aromatic nitrogens is 4. The first kappa shape index (κ1) is 21.3. The van der Waals surface area contributed by atoms with E-state index in [1.54, 1.807) is 24.0 Å². The van der Waals surface area contributed by atoms with Gasteiger partial charge in [-0.05, 0) is 39.7 Å². The normalized spacial score (nSPS) is 11.1. The predicted molar refractivity (Wildman–Crippen MR) is 102 cm³/mol. The Balaban J connectivity index is 1.85. The van der Waals surface area contributed by atoms with Crippen LogP contribution in [0.25, 0.3) is 0 Å². The zero-order chi connectivity index (χ0) is 20.6. The average Bonchev–Trinajstić information content (AvgIpc) is 3.05. The number of alkyl carbamates (subject to hydrolysis) is 1. The summed E-state index contributed by atoms with van der Waals surface area (Å²) >= 11 is 0. The number of ether oxygens (including phenoxy) is 2. The molecule has 0 bridgehead atoms. The molecule has 0 spiro atoms. The lowest BCUT2D eigenvalue weighted by molar-refractivity contribution is 0.0511. The van der Waals surface area contributed by atoms with Gasteiger partial charge in [0.15, 0.2) is 5.69 Å². The van der Waals surface area contributed by atoms with Crippen LogP contribution in [-0.4, -0.2) is 50.6 Å². The van der Waals surface area contributed by atoms with Crippen molar-refractivity contribution < 1.29 is 19.1 Å². The van der Waals surface area contributed by atoms with Crippen LogP contribution < -0.4 is 5.32 Å². The summed E-state index contributed by atoms with van der Waals surface area (Å²) in [4.78, 5) is 31.6. The van der Waals surface area contributed by atoms with E-state index in [9.17, 15) is 9.59 Å². The third kappa shape index (κ3) is 6.98. The summed E-state index contributed by atoms with van der Waals surface area (Å²) < 4.78 is 12.0. The number of esters is 1. The Morgan fingerprint density at radius 2 is 2.04 bits per heavy atom. The first-order chi connectivity index (χ1) is 13.3. The summed E-state index contributed by atoms with van der Waals surface area (Å²) in [5.74, 6) is -0.458. The molecule has 0 radical (unpaired) electrons. The van der Waals surface area contributed by atoms with Crippen LogP contribution in [0.5, 0.6) is 0 Å². The number of nitrogens with one attached hydrogen (secondary N) is 1. The molecule has 0 atom stereocenters. The molecule has 0 saturated heterocycles. The quantitative estimate of drug-likeness (QED) is 0.545. The van der Waals surface area contributed by atoms with Crippen molar-refractivity contribution in [2.24, 2.45) is 0 Å². The Morgan fingerprint density at radius 1 is 1.25 bits per heavy atom. The monoisotopic (exact) mass is 389 g/mol. The fourth-order valence-corrected chi connectivity index (χ4v) is 2.46. The Morgan fingerprint density at radius 3 is 2.75 bits per heavy atom. The highest BCUT2D eigenvalue weighted by atomic mass is 16.6. The zero-order valence-electron chi connectivity index (χ0n) is 16.8. The Hall–Kier alpha value is -2.97. The fraction of sp³-hybridized carbons (Fsp3) is 0.526. The van der Waals surface area contributed by atoms with E-state index in [1.807, 2.05) is 27.0 Å². The molecule has 2 rings (SSSR count). The van der Waals surface area contributed by atoms with Gasteiger partial charge in [0.05, 0.1) is 12.8 Å². The molecule has 0 aliphatic rings. The van der Waals surface area contributed by atoms with Crippen LogP contribution in [0.4, 0.5) is 4.79 Å². The standard InChI is InChI=1S/C19H27N5O4/c1-5-27-17(25)16-15(11-20-13-22-16)9-14-10-23-24(12-14)8-6-7-21-18(26)28-19(2,3)4/h10-13H,5-9H2,1-4H3,(H,21,26). The third-order valence-electron chi connectivity index (χ3n) is 3.57. The molecule has 2 heterocycles. The van der Waals surface area contributed by atoms with Gasteiger partial charge in [-0.1, -0.05) is 0 Å². The molecule has 2 aromatic rings. The van der Waals surface area contributed by atoms with E-state index in [1.165, 1.54) is 6.33 Å². The summed E-state index contributed by atoms with van der Waals surface area (Å²) in [6, 6.07) is 0. The highest BCUT2D eigenvalue weighted by Crippen LogP contribution is 2.12. The number of nitrogens with zero attached hydrogens (tertiary/aromatic N) is 4. The second kappa shape index (κ2) is 9.82. The molecule has 0 unspecified atom stereocenters. The minimum absolute atomic E-state index is 0.270. The number of hydrogen-bond donors (Lipinski definition) is 1. The number of carbonyl (C=O) groups is 2. The molecule has 0 saturated carbocycles. The van der Waals surface area contributed by atoms with Crippen molar-refractivity contribution in [3.63, 3.8) is 0 Å². The number of aryl methyl sites for hydroxylation is 1. The fourth-order valence-electron chi connectivity index (χ4n) is 2.46. The second-order valence-electron chi connectivity index (χ2n) is 7.19. The lowest BCUT2D eigenvalue weighted by Gasteiger charge is -2.19. The Labute approximate surface area is 164 Å². The van der Waals surface area contributed by atoms with E-state index in [0.717, 1.165) is 5.56 Å². The molecule has 0 fully saturated rings. The lowest BCUT2D eigenvalue weighted by atomic mass is 10.1. The Kier molecular flexibility index (Phi) is 7.48. The molecule has 152 valence electrons. The molecular weight excluding hydrogens is 362 g/mol. The maximum atomic E-state index is 12.0. The highest BCUT2D eigenvalue weighted by Gasteiger charge is 2.16. The van der Waals surface area contributed by atoms with Crippen molar-refractivity contribution in [3.8, 4) is 0 Å². The first-order valence-electron chi connectivity index (χ1n) is 9.22. The molecule has 1 amide bonds. The molecule has 0 aliphatic heterocycles. The summed E-state index contributed by atoms with van der Waals surface area (Å²) in [6.45, 7) is 8.64. The van der Waals surface area contributed by atoms with Crippen LogP contribution in [0.3, 0.4) is 0 Å². The van der Waals surface area contributed by atoms with E-state index < -0.39 is 17.7 Å². The van der Waals surface area contributed by atoms with Crippen LogP contribution in [0.15, 0.2) is 24.9 Å². The summed E-state index contributed by atoms with van der Waals surface area (Å²) in [5.41, 5.74) is 1.38. The van der Waals surface area contributed by atoms with E-state index in [4.69, 9.17) is 9.47 Å². The summed E-state index contributed by atoms with van der Waals surface area (Å²) in [7, 11) is 0. The van der Waals surface area contributed by atoms with Gasteiger partial charge in [0.1, 0.15) is 11.9 Å². The van der Waals surface area contributed by atoms with Crippen LogP contribution in [0, 0.1) is 0 Å². The number of amides is 1. The second-order valence-corrected chi connectivity index (χ2v) is 7.19. The van der Waals surface area contributed by atoms with Gasteiger partial charge in [-0.25, -0.2) is 19.6 Å². The molecule has 9 heteroatoms. The molecule has 9 nitrogen and oxygen atoms in total. The zero-order valence-corrected chi connectivity index (χ0v) is 16.8. The molecule has 0 aliphatic carbocycles. The molecular formula is C19H27N5O4. The average molecular weight is 389 g/mol. The van der Waals surface area contributed by atoms with Gasteiger partial charge in [-0.15, -0.1) is 0 Å². The van der Waals surface area contributed by atoms with Crippen molar-refractivity contribution in [1.29, 1.82) is 0 Å². The van der Waals surface area contributed by atoms with Gasteiger partial charge in [0, 0.05) is 37.5 Å². The van der Waals surface area contributed by atoms with Crippen LogP contribution in [-0.2, 0) is 22.4 Å². The van der Waals surface area contributed by atoms with E-state index in [-0.39, 0.29) is 12.3 Å². The van der Waals surface area contributed by atoms with Crippen molar-refractivity contribution in [2.75, 3.05) is 13.2 Å². The van der Waals surface area contributed by atoms with Crippen LogP contribution >= 0.6 is 0 Å². The van der Waals surface area contributed by atoms with Crippen molar-refractivity contribution in [3.05, 3.63) is 41.7 Å². The smallest absolute Gasteiger partial charge is 0.407 e. The number of rotatable bonds is 8. The van der Waals surface area contributed by atoms with Gasteiger partial charge in [0.25, 0.3) is 0 Å². The minimum Gasteiger partial charge on any atom is -0.461 e. The summed E-state index contributed by atoms with van der Waals surface area (Å²) in [5, 5.41) is 7.03. The number of hydrogen-bond acceptors (Lipinski definition) is 7. The Bertz CT molecular complexity index is 798. The summed E-state index contributed by atoms with van der Waals surface area (Å²) in [6.07, 6.45) is 7.34. The predicted octanol–water partition coefficient (Wildman–Crippen LogP) is 2.36. The van der Waals surface area contributed by atoms with Gasteiger partial charge >= 0.3 is 12.1 Å². The van der Waals surface area contributed by atoms with Crippen molar-refractivity contribution >= 4 is 12.1 Å². The lowest BCUT2D eigenvalue weighted by Crippen LogP contribution is -2.33. The van der Waals surface area contributed by atoms with Crippen molar-refractivity contribution in [2.45, 2.75) is 52.7 Å². The number of carbonyl (C=O) groups excluding carboxylic acids is 2. The SMILES string of the molecule is CCOC(=O)c1ncncc1Cc1cnn(CCCNC(=O)OC(C)(C)C)c1. The van der Waals surface area contributed by atoms with E-state index in [2.05, 4.69) is 20.4 Å².